The molecule has 0 amide bonds. The maximum atomic E-state index is 10.1. The van der Waals surface area contributed by atoms with E-state index >= 15 is 0 Å². The van der Waals surface area contributed by atoms with Crippen molar-refractivity contribution in [3.63, 3.8) is 0 Å². The monoisotopic (exact) mass is 550 g/mol. The smallest absolute Gasteiger partial charge is 0.247 e. The third-order valence-corrected chi connectivity index (χ3v) is 7.47. The summed E-state index contributed by atoms with van der Waals surface area (Å²) >= 11 is 6.87. The first-order valence-electron chi connectivity index (χ1n) is 13.0. The number of halogens is 1. The van der Waals surface area contributed by atoms with Crippen LogP contribution in [0.1, 0.15) is 50.8 Å². The average molecular weight is 551 g/mol. The summed E-state index contributed by atoms with van der Waals surface area (Å²) in [6, 6.07) is 8.22. The highest BCUT2D eigenvalue weighted by atomic mass is 35.5. The van der Waals surface area contributed by atoms with Crippen molar-refractivity contribution < 1.29 is 10.2 Å². The normalized spacial score (nSPS) is 17.1. The number of anilines is 4. The number of nitriles is 2. The van der Waals surface area contributed by atoms with E-state index in [1.165, 1.54) is 10.7 Å². The molecule has 1 aliphatic heterocycles. The molecular formula is C26H31ClN10O2. The van der Waals surface area contributed by atoms with E-state index < -0.39 is 11.7 Å². The largest absolute Gasteiger partial charge is 0.389 e. The lowest BCUT2D eigenvalue weighted by atomic mass is 10.00. The van der Waals surface area contributed by atoms with Crippen molar-refractivity contribution in [2.24, 2.45) is 0 Å². The first-order valence-corrected chi connectivity index (χ1v) is 13.4. The number of piperidine rings is 1. The Kier molecular flexibility index (Phi) is 7.47. The van der Waals surface area contributed by atoms with Crippen LogP contribution in [0.5, 0.6) is 0 Å². The lowest BCUT2D eigenvalue weighted by Gasteiger charge is -2.36. The third-order valence-electron chi connectivity index (χ3n) is 7.07. The number of rotatable bonds is 9. The van der Waals surface area contributed by atoms with Gasteiger partial charge >= 0.3 is 0 Å². The second kappa shape index (κ2) is 10.8. The maximum absolute atomic E-state index is 10.1. The van der Waals surface area contributed by atoms with Crippen LogP contribution in [-0.4, -0.2) is 73.2 Å². The molecule has 2 aliphatic rings. The highest BCUT2D eigenvalue weighted by Gasteiger charge is 2.28. The molecule has 5 rings (SSSR count). The molecule has 204 valence electrons. The van der Waals surface area contributed by atoms with Gasteiger partial charge in [0, 0.05) is 31.7 Å². The van der Waals surface area contributed by atoms with Crippen LogP contribution in [-0.2, 0) is 0 Å². The van der Waals surface area contributed by atoms with Gasteiger partial charge in [0.1, 0.15) is 6.07 Å². The Balaban J connectivity index is 1.36. The Morgan fingerprint density at radius 3 is 2.54 bits per heavy atom. The molecule has 3 heterocycles. The molecule has 39 heavy (non-hydrogen) atoms. The van der Waals surface area contributed by atoms with Crippen molar-refractivity contribution in [3.05, 3.63) is 34.6 Å². The summed E-state index contributed by atoms with van der Waals surface area (Å²) < 4.78 is 1.44. The Morgan fingerprint density at radius 1 is 1.15 bits per heavy atom. The summed E-state index contributed by atoms with van der Waals surface area (Å²) in [7, 11) is 0. The van der Waals surface area contributed by atoms with E-state index in [-0.39, 0.29) is 17.7 Å². The van der Waals surface area contributed by atoms with Gasteiger partial charge in [0.2, 0.25) is 5.95 Å². The molecule has 1 saturated heterocycles. The van der Waals surface area contributed by atoms with Gasteiger partial charge in [-0.05, 0) is 51.7 Å². The van der Waals surface area contributed by atoms with Gasteiger partial charge in [0.25, 0.3) is 0 Å². The quantitative estimate of drug-likeness (QED) is 0.265. The molecule has 1 atom stereocenters. The van der Waals surface area contributed by atoms with Crippen molar-refractivity contribution >= 4 is 40.4 Å². The van der Waals surface area contributed by atoms with Gasteiger partial charge in [-0.2, -0.15) is 20.0 Å². The zero-order valence-corrected chi connectivity index (χ0v) is 22.6. The van der Waals surface area contributed by atoms with Crippen LogP contribution >= 0.6 is 11.6 Å². The number of aromatic nitrogens is 4. The van der Waals surface area contributed by atoms with Gasteiger partial charge in [-0.3, -0.25) is 0 Å². The zero-order chi connectivity index (χ0) is 27.7. The fourth-order valence-electron chi connectivity index (χ4n) is 4.50. The molecule has 5 N–H and O–H groups in total. The molecule has 2 aromatic heterocycles. The van der Waals surface area contributed by atoms with Crippen molar-refractivity contribution in [3.8, 4) is 12.1 Å². The number of nitrogens with one attached hydrogen (secondary N) is 3. The Labute approximate surface area is 231 Å². The summed E-state index contributed by atoms with van der Waals surface area (Å²) in [5, 5.41) is 54.0. The molecule has 13 heteroatoms. The van der Waals surface area contributed by atoms with Gasteiger partial charge in [-0.1, -0.05) is 11.6 Å². The van der Waals surface area contributed by atoms with Crippen LogP contribution in [0.15, 0.2) is 18.3 Å². The fraction of sp³-hybridized carbons (Fsp3) is 0.500. The van der Waals surface area contributed by atoms with Crippen molar-refractivity contribution in [1.82, 2.24) is 24.9 Å². The van der Waals surface area contributed by atoms with Crippen LogP contribution in [0.2, 0.25) is 5.02 Å². The van der Waals surface area contributed by atoms with Gasteiger partial charge < -0.3 is 31.1 Å². The van der Waals surface area contributed by atoms with Gasteiger partial charge in [0.15, 0.2) is 17.2 Å². The number of aliphatic hydroxyl groups is 2. The Morgan fingerprint density at radius 2 is 1.90 bits per heavy atom. The van der Waals surface area contributed by atoms with Crippen LogP contribution in [0.25, 0.3) is 5.65 Å². The van der Waals surface area contributed by atoms with Gasteiger partial charge in [0.05, 0.1) is 45.9 Å². The number of aliphatic hydroxyl groups excluding tert-OH is 1. The molecule has 0 unspecified atom stereocenters. The predicted octanol–water partition coefficient (Wildman–Crippen LogP) is 2.53. The highest BCUT2D eigenvalue weighted by Crippen LogP contribution is 2.37. The van der Waals surface area contributed by atoms with E-state index in [1.54, 1.807) is 26.0 Å². The second-order valence-corrected chi connectivity index (χ2v) is 11.0. The van der Waals surface area contributed by atoms with E-state index in [2.05, 4.69) is 48.1 Å². The molecule has 1 aliphatic carbocycles. The first kappa shape index (κ1) is 26.9. The Bertz CT molecular complexity index is 1440. The lowest BCUT2D eigenvalue weighted by molar-refractivity contribution is -0.0474. The van der Waals surface area contributed by atoms with Gasteiger partial charge in [-0.15, -0.1) is 5.10 Å². The molecule has 0 bridgehead atoms. The summed E-state index contributed by atoms with van der Waals surface area (Å²) in [6.45, 7) is 4.87. The topological polar surface area (TPSA) is 170 Å². The SMILES string of the molecule is CC(C)(O)[C@H](O)CNC1CCN(c2cc(C#N)cc(Nc3nc(NC4CC4)c4ncc(C#N)n4n3)c2Cl)CC1. The lowest BCUT2D eigenvalue weighted by Crippen LogP contribution is -2.49. The van der Waals surface area contributed by atoms with Crippen LogP contribution in [0.3, 0.4) is 0 Å². The van der Waals surface area contributed by atoms with E-state index in [0.717, 1.165) is 31.4 Å². The summed E-state index contributed by atoms with van der Waals surface area (Å²) in [4.78, 5) is 11.0. The van der Waals surface area contributed by atoms with Crippen molar-refractivity contribution in [2.45, 2.75) is 63.3 Å². The summed E-state index contributed by atoms with van der Waals surface area (Å²) in [5.41, 5.74) is 1.22. The highest BCUT2D eigenvalue weighted by molar-refractivity contribution is 6.36. The number of imidazole rings is 1. The van der Waals surface area contributed by atoms with Crippen molar-refractivity contribution in [1.29, 1.82) is 10.5 Å². The van der Waals surface area contributed by atoms with E-state index in [4.69, 9.17) is 11.6 Å². The third kappa shape index (κ3) is 6.00. The number of fused-ring (bicyclic) bond motifs is 1. The average Bonchev–Trinajstić information content (AvgIpc) is 3.64. The van der Waals surface area contributed by atoms with Gasteiger partial charge in [-0.25, -0.2) is 4.98 Å². The summed E-state index contributed by atoms with van der Waals surface area (Å²) in [5.74, 6) is 0.741. The number of nitrogens with zero attached hydrogens (tertiary/aromatic N) is 7. The van der Waals surface area contributed by atoms with E-state index in [0.29, 0.717) is 53.4 Å². The maximum Gasteiger partial charge on any atom is 0.247 e. The molecule has 1 saturated carbocycles. The minimum Gasteiger partial charge on any atom is -0.389 e. The molecular weight excluding hydrogens is 520 g/mol. The molecule has 2 fully saturated rings. The zero-order valence-electron chi connectivity index (χ0n) is 21.8. The first-order chi connectivity index (χ1) is 18.7. The van der Waals surface area contributed by atoms with Crippen LogP contribution in [0, 0.1) is 22.7 Å². The Hall–Kier alpha value is -3.68. The molecule has 0 spiro atoms. The second-order valence-electron chi connectivity index (χ2n) is 10.6. The van der Waals surface area contributed by atoms with Crippen LogP contribution < -0.4 is 20.9 Å². The van der Waals surface area contributed by atoms with Crippen LogP contribution in [0.4, 0.5) is 23.1 Å². The fourth-order valence-corrected chi connectivity index (χ4v) is 4.77. The van der Waals surface area contributed by atoms with E-state index in [1.807, 2.05) is 0 Å². The predicted molar refractivity (Wildman–Crippen MR) is 147 cm³/mol. The number of hydrogen-bond donors (Lipinski definition) is 5. The molecule has 3 aromatic rings. The number of hydrogen-bond acceptors (Lipinski definition) is 11. The molecule has 1 aromatic carbocycles. The minimum absolute atomic E-state index is 0.191. The molecule has 12 nitrogen and oxygen atoms in total. The summed E-state index contributed by atoms with van der Waals surface area (Å²) in [6.07, 6.45) is 4.28. The number of benzene rings is 1. The van der Waals surface area contributed by atoms with Crippen molar-refractivity contribution in [2.75, 3.05) is 35.2 Å². The minimum atomic E-state index is -1.17. The van der Waals surface area contributed by atoms with E-state index in [9.17, 15) is 20.7 Å². The molecule has 0 radical (unpaired) electrons. The standard InChI is InChI=1S/C26H31ClN10O2/c1-26(2,39)21(38)14-30-16-5-7-36(8-6-16)20-10-15(11-28)9-19(22(20)27)33-25-34-23(32-17-3-4-17)24-31-13-18(12-29)37(24)35-25/h9-10,13,16-17,21,30,38-39H,3-8,14H2,1-2H3,(H2,32,33,34,35)/t21-/m1/s1.